The van der Waals surface area contributed by atoms with Crippen molar-refractivity contribution in [3.8, 4) is 44.5 Å². The molecule has 1 aromatic heterocycles. The third-order valence-corrected chi connectivity index (χ3v) is 9.50. The molecule has 0 spiro atoms. The summed E-state index contributed by atoms with van der Waals surface area (Å²) in [6.45, 7) is 0. The lowest BCUT2D eigenvalue weighted by atomic mass is 9.85. The van der Waals surface area contributed by atoms with Crippen molar-refractivity contribution in [1.82, 2.24) is 0 Å². The molecule has 0 aliphatic carbocycles. The molecular weight excluding hydrogens is 593 g/mol. The van der Waals surface area contributed by atoms with E-state index in [2.05, 4.69) is 24.3 Å². The van der Waals surface area contributed by atoms with Crippen molar-refractivity contribution in [2.45, 2.75) is 0 Å². The highest BCUT2D eigenvalue weighted by Gasteiger charge is 2.18. The Morgan fingerprint density at radius 1 is 0.367 bits per heavy atom. The summed E-state index contributed by atoms with van der Waals surface area (Å²) >= 11 is 0. The molecule has 0 saturated carbocycles. The van der Waals surface area contributed by atoms with Gasteiger partial charge in [0.25, 0.3) is 0 Å². The van der Waals surface area contributed by atoms with E-state index in [0.29, 0.717) is 22.3 Å². The van der Waals surface area contributed by atoms with Crippen LogP contribution in [0, 0.1) is 0 Å². The molecule has 0 unspecified atom stereocenters. The first-order valence-electron chi connectivity index (χ1n) is 20.2. The first kappa shape index (κ1) is 20.7. The Morgan fingerprint density at radius 2 is 0.857 bits per heavy atom. The molecule has 0 fully saturated rings. The summed E-state index contributed by atoms with van der Waals surface area (Å²) in [6.07, 6.45) is 0. The first-order valence-corrected chi connectivity index (χ1v) is 16.2. The average molecular weight is 631 g/mol. The van der Waals surface area contributed by atoms with Gasteiger partial charge in [0.15, 0.2) is 0 Å². The molecule has 0 atom stereocenters. The van der Waals surface area contributed by atoms with Gasteiger partial charge in [0.05, 0.1) is 11.0 Å². The molecule has 10 aromatic rings. The Morgan fingerprint density at radius 3 is 1.45 bits per heavy atom. The molecule has 0 saturated heterocycles. The lowest BCUT2D eigenvalue weighted by molar-refractivity contribution is 0.669. The van der Waals surface area contributed by atoms with Crippen molar-refractivity contribution in [3.63, 3.8) is 0 Å². The smallest absolute Gasteiger partial charge is 0.136 e. The lowest BCUT2D eigenvalue weighted by Gasteiger charge is -2.18. The zero-order valence-corrected chi connectivity index (χ0v) is 26.1. The maximum Gasteiger partial charge on any atom is 0.136 e. The number of benzene rings is 9. The molecule has 228 valence electrons. The standard InChI is InChI=1S/C48H30O/c1-2-11-31(12-3-1)32-21-25-34(26-22-32)46-39-15-6-8-17-41(39)47(42-18-9-7-16-40(42)46)35-27-23-33(24-28-35)38-19-10-20-44-48(38)43-29-36-13-4-5-14-37(36)30-45(43)49-44/h1-30H/i6D,7D,8D,9D,15D,16D,17D,18D. The summed E-state index contributed by atoms with van der Waals surface area (Å²) in [6, 6.07) is 40.4. The number of hydrogen-bond donors (Lipinski definition) is 0. The quantitative estimate of drug-likeness (QED) is 0.176. The number of rotatable bonds is 4. The van der Waals surface area contributed by atoms with Gasteiger partial charge in [0.2, 0.25) is 0 Å². The van der Waals surface area contributed by atoms with E-state index in [1.807, 2.05) is 109 Å². The highest BCUT2D eigenvalue weighted by Crippen LogP contribution is 2.45. The monoisotopic (exact) mass is 630 g/mol. The maximum atomic E-state index is 9.31. The summed E-state index contributed by atoms with van der Waals surface area (Å²) in [7, 11) is 0. The van der Waals surface area contributed by atoms with Gasteiger partial charge in [0, 0.05) is 10.8 Å². The van der Waals surface area contributed by atoms with Crippen LogP contribution in [0.4, 0.5) is 0 Å². The number of hydrogen-bond acceptors (Lipinski definition) is 1. The molecule has 0 aliphatic heterocycles. The van der Waals surface area contributed by atoms with Crippen molar-refractivity contribution in [2.24, 2.45) is 0 Å². The van der Waals surface area contributed by atoms with E-state index in [4.69, 9.17) is 9.90 Å². The van der Waals surface area contributed by atoms with Crippen LogP contribution >= 0.6 is 0 Å². The average Bonchev–Trinajstić information content (AvgIpc) is 3.62. The van der Waals surface area contributed by atoms with Crippen LogP contribution < -0.4 is 0 Å². The van der Waals surface area contributed by atoms with Gasteiger partial charge in [-0.2, -0.15) is 0 Å². The highest BCUT2D eigenvalue weighted by molar-refractivity contribution is 6.21. The Hall–Kier alpha value is -6.44. The fourth-order valence-corrected chi connectivity index (χ4v) is 7.23. The number of fused-ring (bicyclic) bond motifs is 6. The molecule has 1 nitrogen and oxygen atoms in total. The van der Waals surface area contributed by atoms with Gasteiger partial charge < -0.3 is 4.42 Å². The van der Waals surface area contributed by atoms with Crippen LogP contribution in [-0.2, 0) is 0 Å². The van der Waals surface area contributed by atoms with Crippen molar-refractivity contribution < 1.29 is 15.4 Å². The van der Waals surface area contributed by atoms with E-state index in [9.17, 15) is 5.48 Å². The topological polar surface area (TPSA) is 13.1 Å². The van der Waals surface area contributed by atoms with Crippen LogP contribution in [0.5, 0.6) is 0 Å². The Balaban J connectivity index is 1.25. The van der Waals surface area contributed by atoms with E-state index < -0.39 is 24.2 Å². The van der Waals surface area contributed by atoms with Gasteiger partial charge >= 0.3 is 0 Å². The maximum absolute atomic E-state index is 9.31. The molecule has 49 heavy (non-hydrogen) atoms. The Bertz CT molecular complexity index is 3220. The van der Waals surface area contributed by atoms with Crippen LogP contribution in [0.1, 0.15) is 11.0 Å². The van der Waals surface area contributed by atoms with Crippen LogP contribution in [0.2, 0.25) is 0 Å². The van der Waals surface area contributed by atoms with Crippen LogP contribution in [-0.4, -0.2) is 0 Å². The predicted molar refractivity (Wildman–Crippen MR) is 208 cm³/mol. The minimum atomic E-state index is -0.429. The van der Waals surface area contributed by atoms with E-state index in [1.54, 1.807) is 0 Å². The second-order valence-electron chi connectivity index (χ2n) is 12.2. The molecule has 10 rings (SSSR count). The van der Waals surface area contributed by atoms with Gasteiger partial charge in [-0.15, -0.1) is 0 Å². The van der Waals surface area contributed by atoms with Crippen molar-refractivity contribution in [1.29, 1.82) is 0 Å². The molecule has 0 N–H and O–H groups in total. The first-order chi connectivity index (χ1) is 27.6. The zero-order valence-electron chi connectivity index (χ0n) is 34.1. The fourth-order valence-electron chi connectivity index (χ4n) is 7.23. The lowest BCUT2D eigenvalue weighted by Crippen LogP contribution is -1.91. The molecule has 0 aliphatic rings. The molecule has 1 heteroatoms. The van der Waals surface area contributed by atoms with Crippen LogP contribution in [0.3, 0.4) is 0 Å². The molecule has 1 heterocycles. The molecule has 0 amide bonds. The summed E-state index contributed by atoms with van der Waals surface area (Å²) in [4.78, 5) is 0. The van der Waals surface area contributed by atoms with Crippen molar-refractivity contribution in [3.05, 3.63) is 182 Å². The second-order valence-corrected chi connectivity index (χ2v) is 12.2. The Labute approximate surface area is 295 Å². The summed E-state index contributed by atoms with van der Waals surface area (Å²) < 4.78 is 78.6. The molecule has 9 aromatic carbocycles. The number of furan rings is 1. The largest absolute Gasteiger partial charge is 0.456 e. The predicted octanol–water partition coefficient (Wildman–Crippen LogP) is 13.7. The van der Waals surface area contributed by atoms with Gasteiger partial charge in [0.1, 0.15) is 11.2 Å². The van der Waals surface area contributed by atoms with E-state index >= 15 is 0 Å². The minimum absolute atomic E-state index is 0.184. The van der Waals surface area contributed by atoms with E-state index in [1.165, 1.54) is 0 Å². The van der Waals surface area contributed by atoms with Crippen molar-refractivity contribution in [2.75, 3.05) is 0 Å². The molecule has 0 bridgehead atoms. The normalized spacial score (nSPS) is 14.0. The third kappa shape index (κ3) is 4.47. The molecular formula is C48H30O. The highest BCUT2D eigenvalue weighted by atomic mass is 16.3. The van der Waals surface area contributed by atoms with Gasteiger partial charge in [-0.25, -0.2) is 0 Å². The van der Waals surface area contributed by atoms with Crippen LogP contribution in [0.15, 0.2) is 186 Å². The van der Waals surface area contributed by atoms with Gasteiger partial charge in [-0.05, 0) is 95.0 Å². The summed E-state index contributed by atoms with van der Waals surface area (Å²) in [5.74, 6) is 0. The van der Waals surface area contributed by atoms with Crippen LogP contribution in [0.25, 0.3) is 98.8 Å². The van der Waals surface area contributed by atoms with Crippen molar-refractivity contribution >= 4 is 54.3 Å². The zero-order chi connectivity index (χ0) is 39.3. The molecule has 0 radical (unpaired) electrons. The SMILES string of the molecule is [2H]c1c([2H])c([2H])c2c(-c3ccc(-c4cccc5oc6cc7ccccc7cc6c45)cc3)c3c([2H])c([2H])c([2H])c([2H])c3c(-c3ccc(-c4ccccc4)cc3)c2c1[2H]. The third-order valence-electron chi connectivity index (χ3n) is 9.50. The van der Waals surface area contributed by atoms with Gasteiger partial charge in [-0.3, -0.25) is 0 Å². The summed E-state index contributed by atoms with van der Waals surface area (Å²) in [5, 5.41) is 4.87. The second kappa shape index (κ2) is 11.1. The Kier molecular flexibility index (Phi) is 4.69. The minimum Gasteiger partial charge on any atom is -0.456 e. The van der Waals surface area contributed by atoms with E-state index in [-0.39, 0.29) is 45.7 Å². The van der Waals surface area contributed by atoms with E-state index in [0.717, 1.165) is 55.0 Å². The van der Waals surface area contributed by atoms with Gasteiger partial charge in [-0.1, -0.05) is 164 Å². The summed E-state index contributed by atoms with van der Waals surface area (Å²) in [5.41, 5.74) is 7.03. The fraction of sp³-hybridized carbons (Fsp3) is 0.